The highest BCUT2D eigenvalue weighted by molar-refractivity contribution is 7.11. The first kappa shape index (κ1) is 23.9. The Kier molecular flexibility index (Phi) is 8.47. The van der Waals surface area contributed by atoms with Gasteiger partial charge in [0.1, 0.15) is 6.54 Å². The lowest BCUT2D eigenvalue weighted by Gasteiger charge is -2.33. The van der Waals surface area contributed by atoms with Crippen LogP contribution in [-0.4, -0.2) is 39.9 Å². The maximum Gasteiger partial charge on any atom is 0.318 e. The molecule has 0 spiro atoms. The van der Waals surface area contributed by atoms with Crippen LogP contribution in [0.2, 0.25) is 0 Å². The average Bonchev–Trinajstić information content (AvgIpc) is 3.09. The maximum absolute atomic E-state index is 13.4. The third-order valence-electron chi connectivity index (χ3n) is 4.88. The molecule has 2 aromatic rings. The number of urea groups is 1. The van der Waals surface area contributed by atoms with Gasteiger partial charge in [0.25, 0.3) is 0 Å². The Hall–Kier alpha value is -2.34. The normalized spacial score (nSPS) is 12.3. The predicted molar refractivity (Wildman–Crippen MR) is 124 cm³/mol. The number of amides is 3. The largest absolute Gasteiger partial charge is 0.333 e. The lowest BCUT2D eigenvalue weighted by atomic mass is 10.1. The van der Waals surface area contributed by atoms with Gasteiger partial charge in [0.05, 0.1) is 6.54 Å². The summed E-state index contributed by atoms with van der Waals surface area (Å²) in [6.45, 7) is 13.1. The van der Waals surface area contributed by atoms with Crippen LogP contribution in [-0.2, 0) is 17.9 Å². The van der Waals surface area contributed by atoms with Gasteiger partial charge in [0, 0.05) is 27.9 Å². The lowest BCUT2D eigenvalue weighted by Crippen LogP contribution is -2.54. The van der Waals surface area contributed by atoms with Crippen LogP contribution < -0.4 is 5.32 Å². The summed E-state index contributed by atoms with van der Waals surface area (Å²) in [5, 5.41) is 3.00. The first-order valence-electron chi connectivity index (χ1n) is 10.5. The Morgan fingerprint density at radius 3 is 2.27 bits per heavy atom. The summed E-state index contributed by atoms with van der Waals surface area (Å²) >= 11 is 1.70. The molecule has 0 aliphatic rings. The molecule has 0 saturated heterocycles. The molecule has 164 valence electrons. The summed E-state index contributed by atoms with van der Waals surface area (Å²) in [4.78, 5) is 32.1. The van der Waals surface area contributed by atoms with Crippen molar-refractivity contribution in [2.75, 3.05) is 6.54 Å². The first-order chi connectivity index (χ1) is 14.1. The molecule has 2 rings (SSSR count). The molecule has 1 aromatic heterocycles. The van der Waals surface area contributed by atoms with Crippen LogP contribution in [0.4, 0.5) is 4.79 Å². The predicted octanol–water partition coefficient (Wildman–Crippen LogP) is 5.19. The van der Waals surface area contributed by atoms with Gasteiger partial charge in [-0.2, -0.15) is 0 Å². The van der Waals surface area contributed by atoms with E-state index in [9.17, 15) is 9.59 Å². The minimum atomic E-state index is -0.357. The van der Waals surface area contributed by atoms with Crippen molar-refractivity contribution in [2.24, 2.45) is 0 Å². The molecule has 30 heavy (non-hydrogen) atoms. The van der Waals surface area contributed by atoms with Gasteiger partial charge in [0.15, 0.2) is 0 Å². The van der Waals surface area contributed by atoms with E-state index in [-0.39, 0.29) is 30.1 Å². The first-order valence-corrected chi connectivity index (χ1v) is 11.4. The zero-order chi connectivity index (χ0) is 22.3. The van der Waals surface area contributed by atoms with Gasteiger partial charge in [-0.25, -0.2) is 4.79 Å². The summed E-state index contributed by atoms with van der Waals surface area (Å²) in [7, 11) is 0. The molecule has 0 radical (unpaired) electrons. The van der Waals surface area contributed by atoms with E-state index in [0.717, 1.165) is 16.9 Å². The highest BCUT2D eigenvalue weighted by Crippen LogP contribution is 2.19. The molecule has 0 saturated carbocycles. The number of carbonyl (C=O) groups is 2. The molecule has 1 N–H and O–H groups in total. The van der Waals surface area contributed by atoms with E-state index < -0.39 is 0 Å². The van der Waals surface area contributed by atoms with Crippen LogP contribution >= 0.6 is 11.3 Å². The van der Waals surface area contributed by atoms with Gasteiger partial charge < -0.3 is 15.1 Å². The van der Waals surface area contributed by atoms with E-state index in [2.05, 4.69) is 24.4 Å². The number of aryl methyl sites for hydroxylation is 1. The van der Waals surface area contributed by atoms with Crippen LogP contribution in [0, 0.1) is 6.92 Å². The zero-order valence-electron chi connectivity index (χ0n) is 19.1. The molecule has 6 heteroatoms. The Morgan fingerprint density at radius 2 is 1.73 bits per heavy atom. The van der Waals surface area contributed by atoms with Gasteiger partial charge in [-0.15, -0.1) is 11.3 Å². The van der Waals surface area contributed by atoms with E-state index in [1.165, 1.54) is 4.88 Å². The number of rotatable bonds is 8. The third-order valence-corrected chi connectivity index (χ3v) is 5.87. The summed E-state index contributed by atoms with van der Waals surface area (Å²) in [5.41, 5.74) is 0.720. The van der Waals surface area contributed by atoms with Gasteiger partial charge >= 0.3 is 6.03 Å². The highest BCUT2D eigenvalue weighted by Gasteiger charge is 2.27. The molecule has 0 fully saturated rings. The van der Waals surface area contributed by atoms with Crippen LogP contribution in [0.3, 0.4) is 0 Å². The second kappa shape index (κ2) is 10.6. The molecular weight excluding hydrogens is 394 g/mol. The quantitative estimate of drug-likeness (QED) is 0.627. The van der Waals surface area contributed by atoms with Gasteiger partial charge in [-0.3, -0.25) is 4.79 Å². The number of nitrogens with one attached hydrogen (secondary N) is 1. The lowest BCUT2D eigenvalue weighted by molar-refractivity contribution is -0.133. The molecule has 0 aliphatic heterocycles. The average molecular weight is 430 g/mol. The number of thiophene rings is 1. The van der Waals surface area contributed by atoms with Crippen molar-refractivity contribution < 1.29 is 9.59 Å². The molecular formula is C24H35N3O2S. The van der Waals surface area contributed by atoms with Crippen LogP contribution in [0.15, 0.2) is 42.5 Å². The van der Waals surface area contributed by atoms with E-state index in [0.29, 0.717) is 13.1 Å². The van der Waals surface area contributed by atoms with E-state index in [4.69, 9.17) is 0 Å². The number of hydrogen-bond donors (Lipinski definition) is 1. The maximum atomic E-state index is 13.4. The van der Waals surface area contributed by atoms with Gasteiger partial charge in [0.2, 0.25) is 5.91 Å². The number of nitrogens with zero attached hydrogens (tertiary/aromatic N) is 2. The van der Waals surface area contributed by atoms with Crippen molar-refractivity contribution in [3.63, 3.8) is 0 Å². The Morgan fingerprint density at radius 1 is 1.07 bits per heavy atom. The van der Waals surface area contributed by atoms with E-state index in [1.807, 2.05) is 69.9 Å². The van der Waals surface area contributed by atoms with Crippen molar-refractivity contribution in [3.05, 3.63) is 57.8 Å². The SMILES string of the molecule is CCC(C)N(CC(=O)N(Cc1ccccc1)Cc1ccc(C)s1)C(=O)NC(C)(C)C. The summed E-state index contributed by atoms with van der Waals surface area (Å²) in [6, 6.07) is 13.9. The molecule has 5 nitrogen and oxygen atoms in total. The monoisotopic (exact) mass is 429 g/mol. The van der Waals surface area contributed by atoms with Crippen molar-refractivity contribution in [1.29, 1.82) is 0 Å². The van der Waals surface area contributed by atoms with Crippen molar-refractivity contribution in [1.82, 2.24) is 15.1 Å². The number of hydrogen-bond acceptors (Lipinski definition) is 3. The molecule has 0 aliphatic carbocycles. The highest BCUT2D eigenvalue weighted by atomic mass is 32.1. The number of benzene rings is 1. The third kappa shape index (κ3) is 7.48. The molecule has 1 aromatic carbocycles. The topological polar surface area (TPSA) is 52.7 Å². The molecule has 1 atom stereocenters. The second-order valence-corrected chi connectivity index (χ2v) is 10.2. The minimum Gasteiger partial charge on any atom is -0.333 e. The Bertz CT molecular complexity index is 826. The Balaban J connectivity index is 2.21. The fraction of sp³-hybridized carbons (Fsp3) is 0.500. The minimum absolute atomic E-state index is 0.0288. The fourth-order valence-electron chi connectivity index (χ4n) is 3.08. The van der Waals surface area contributed by atoms with Crippen LogP contribution in [0.5, 0.6) is 0 Å². The van der Waals surface area contributed by atoms with Crippen LogP contribution in [0.1, 0.15) is 56.4 Å². The van der Waals surface area contributed by atoms with Crippen molar-refractivity contribution in [2.45, 2.75) is 72.6 Å². The summed E-state index contributed by atoms with van der Waals surface area (Å²) in [5.74, 6) is -0.0470. The molecule has 1 heterocycles. The fourth-order valence-corrected chi connectivity index (χ4v) is 3.99. The standard InChI is InChI=1S/C24H35N3O2S/c1-7-18(2)27(23(29)25-24(4,5)6)17-22(28)26(15-20-11-9-8-10-12-20)16-21-14-13-19(3)30-21/h8-14,18H,7,15-17H2,1-6H3,(H,25,29). The molecule has 3 amide bonds. The van der Waals surface area contributed by atoms with E-state index in [1.54, 1.807) is 16.2 Å². The smallest absolute Gasteiger partial charge is 0.318 e. The van der Waals surface area contributed by atoms with Gasteiger partial charge in [-0.05, 0) is 58.7 Å². The van der Waals surface area contributed by atoms with E-state index >= 15 is 0 Å². The molecule has 0 bridgehead atoms. The second-order valence-electron chi connectivity index (χ2n) is 8.81. The van der Waals surface area contributed by atoms with Gasteiger partial charge in [-0.1, -0.05) is 37.3 Å². The van der Waals surface area contributed by atoms with Crippen molar-refractivity contribution in [3.8, 4) is 0 Å². The van der Waals surface area contributed by atoms with Crippen LogP contribution in [0.25, 0.3) is 0 Å². The van der Waals surface area contributed by atoms with Crippen molar-refractivity contribution >= 4 is 23.3 Å². The number of carbonyl (C=O) groups excluding carboxylic acids is 2. The molecule has 1 unspecified atom stereocenters. The Labute approximate surface area is 185 Å². The summed E-state index contributed by atoms with van der Waals surface area (Å²) in [6.07, 6.45) is 0.785. The summed E-state index contributed by atoms with van der Waals surface area (Å²) < 4.78 is 0. The zero-order valence-corrected chi connectivity index (χ0v) is 19.9.